The molecule has 0 N–H and O–H groups in total. The van der Waals surface area contributed by atoms with E-state index in [1.807, 2.05) is 0 Å². The molecule has 86 valence electrons. The van der Waals surface area contributed by atoms with Crippen molar-refractivity contribution in [1.82, 2.24) is 0 Å². The van der Waals surface area contributed by atoms with Gasteiger partial charge >= 0.3 is 177 Å². The number of hydrogen-bond donors (Lipinski definition) is 0. The van der Waals surface area contributed by atoms with Crippen LogP contribution in [-0.2, 0) is 22.5 Å². The molecular formula is C6H9FeK3N6O2. The molecule has 0 aliphatic heterocycles. The van der Waals surface area contributed by atoms with Crippen LogP contribution in [0.1, 0.15) is 0 Å². The van der Waals surface area contributed by atoms with E-state index < -0.39 is 14.8 Å². The van der Waals surface area contributed by atoms with Crippen LogP contribution in [0.5, 0.6) is 0 Å². The summed E-state index contributed by atoms with van der Waals surface area (Å²) in [6.07, 6.45) is 0. The minimum absolute atomic E-state index is 0. The Morgan fingerprint density at radius 2 is 0.444 bits per heavy atom. The van der Waals surface area contributed by atoms with Crippen LogP contribution in [0.4, 0.5) is 0 Å². The summed E-state index contributed by atoms with van der Waals surface area (Å²) in [5.74, 6) is 0. The van der Waals surface area contributed by atoms with E-state index in [1.54, 1.807) is 0 Å². The molecule has 0 rings (SSSR count). The Hall–Kier alpha value is 1.97. The zero-order valence-electron chi connectivity index (χ0n) is 7.32. The van der Waals surface area contributed by atoms with Gasteiger partial charge in [0.05, 0.1) is 0 Å². The first-order valence-electron chi connectivity index (χ1n) is 1.84. The van der Waals surface area contributed by atoms with Crippen molar-refractivity contribution < 1.29 is 22.5 Å². The summed E-state index contributed by atoms with van der Waals surface area (Å²) < 4.78 is 16.8. The summed E-state index contributed by atoms with van der Waals surface area (Å²) in [6, 6.07) is 0. The van der Waals surface area contributed by atoms with Crippen molar-refractivity contribution in [3.63, 3.8) is 0 Å². The molecule has 8 nitrogen and oxygen atoms in total. The maximum atomic E-state index is 8.38. The average molecular weight is 370 g/mol. The molecule has 0 atom stereocenters. The van der Waals surface area contributed by atoms with Gasteiger partial charge in [-0.1, -0.05) is 0 Å². The third-order valence-corrected chi connectivity index (χ3v) is 0. The fraction of sp³-hybridized carbons (Fsp3) is 0. The first-order chi connectivity index (χ1) is 7.41. The van der Waals surface area contributed by atoms with Crippen molar-refractivity contribution in [3.8, 4) is 39.4 Å². The second-order valence-electron chi connectivity index (χ2n) is 0.0589. The molecule has 0 heterocycles. The molecule has 0 fully saturated rings. The monoisotopic (exact) mass is 370 g/mol. The van der Waals surface area contributed by atoms with E-state index in [9.17, 15) is 0 Å². The first-order valence-corrected chi connectivity index (χ1v) is 2.74. The van der Waals surface area contributed by atoms with E-state index in [0.717, 1.165) is 0 Å². The van der Waals surface area contributed by atoms with Crippen molar-refractivity contribution in [1.29, 1.82) is 31.6 Å². The number of hydrogen-bond acceptors (Lipinski definition) is 8. The van der Waals surface area contributed by atoms with E-state index in [-0.39, 0.29) is 154 Å². The molecule has 0 bridgehead atoms. The van der Waals surface area contributed by atoms with Gasteiger partial charge in [0, 0.05) is 39.4 Å². The minimum atomic E-state index is -1.25. The van der Waals surface area contributed by atoms with Crippen molar-refractivity contribution in [2.24, 2.45) is 0 Å². The van der Waals surface area contributed by atoms with Gasteiger partial charge in [-0.3, -0.25) is 0 Å². The van der Waals surface area contributed by atoms with Gasteiger partial charge < -0.3 is 0 Å². The van der Waals surface area contributed by atoms with Crippen molar-refractivity contribution in [2.45, 2.75) is 0 Å². The molecule has 0 unspecified atom stereocenters. The Labute approximate surface area is 241 Å². The van der Waals surface area contributed by atoms with Crippen LogP contribution in [0.2, 0.25) is 0 Å². The van der Waals surface area contributed by atoms with Gasteiger partial charge in [0.2, 0.25) is 0 Å². The third-order valence-electron chi connectivity index (χ3n) is 0. The number of nitriles is 6. The third kappa shape index (κ3) is 1340. The van der Waals surface area contributed by atoms with Crippen LogP contribution < -0.4 is 0 Å². The molecule has 0 saturated heterocycles. The predicted molar refractivity (Wildman–Crippen MR) is 62.8 cm³/mol. The first kappa shape index (κ1) is 72.3. The summed E-state index contributed by atoms with van der Waals surface area (Å²) >= 11 is -1.25. The summed E-state index contributed by atoms with van der Waals surface area (Å²) in [6.45, 7) is 21.0. The molecule has 0 aromatic carbocycles. The van der Waals surface area contributed by atoms with Gasteiger partial charge in [0.1, 0.15) is 0 Å². The zero-order valence-corrected chi connectivity index (χ0v) is 8.42. The molecular weight excluding hydrogens is 361 g/mol. The average Bonchev–Trinajstić information content (AvgIpc) is 2.44. The van der Waals surface area contributed by atoms with Crippen LogP contribution in [-0.4, -0.2) is 154 Å². The molecule has 0 spiro atoms. The maximum absolute atomic E-state index is 8.38. The van der Waals surface area contributed by atoms with Crippen LogP contribution in [0, 0.1) is 71.0 Å². The number of nitrogens with zero attached hydrogens (tertiary/aromatic N) is 6. The van der Waals surface area contributed by atoms with Gasteiger partial charge in [-0.15, -0.1) is 0 Å². The Bertz CT molecular complexity index is 172. The van der Waals surface area contributed by atoms with Crippen LogP contribution >= 0.6 is 0 Å². The topological polar surface area (TPSA) is 177 Å². The molecule has 0 aromatic rings. The van der Waals surface area contributed by atoms with E-state index in [4.69, 9.17) is 39.2 Å². The molecule has 0 aliphatic carbocycles. The molecule has 12 heteroatoms. The molecule has 0 saturated carbocycles. The molecule has 0 aromatic heterocycles. The van der Waals surface area contributed by atoms with E-state index in [0.29, 0.717) is 0 Å². The van der Waals surface area contributed by atoms with Gasteiger partial charge in [-0.2, -0.15) is 0 Å². The Kier molecular flexibility index (Phi) is 2790. The quantitative estimate of drug-likeness (QED) is 0.470. The van der Waals surface area contributed by atoms with Crippen molar-refractivity contribution in [2.75, 3.05) is 0 Å². The van der Waals surface area contributed by atoms with E-state index >= 15 is 0 Å². The predicted octanol–water partition coefficient (Wildman–Crippen LogP) is -1.35. The fourth-order valence-electron chi connectivity index (χ4n) is 0. The van der Waals surface area contributed by atoms with Crippen molar-refractivity contribution >= 4 is 154 Å². The summed E-state index contributed by atoms with van der Waals surface area (Å²) in [7, 11) is 0. The second kappa shape index (κ2) is 695. The van der Waals surface area contributed by atoms with Crippen LogP contribution in [0.25, 0.3) is 0 Å². The van der Waals surface area contributed by atoms with Gasteiger partial charge in [-0.05, 0) is 0 Å². The second-order valence-corrected chi connectivity index (χ2v) is 0.243. The van der Waals surface area contributed by atoms with Crippen LogP contribution in [0.15, 0.2) is 0 Å². The number of rotatable bonds is 0. The molecule has 0 radical (unpaired) electrons. The van der Waals surface area contributed by atoms with E-state index in [2.05, 4.69) is 39.4 Å². The van der Waals surface area contributed by atoms with Crippen LogP contribution in [0.3, 0.4) is 0 Å². The summed E-state index contributed by atoms with van der Waals surface area (Å²) in [4.78, 5) is 0. The Morgan fingerprint density at radius 1 is 0.444 bits per heavy atom. The summed E-state index contributed by atoms with van der Waals surface area (Å²) in [5.41, 5.74) is 0. The SMILES string of the molecule is C#N.C#N.C#N.C#N.C#N.C#N.[KH].[KH].[KH].[O]=[Fe]=[O]. The summed E-state index contributed by atoms with van der Waals surface area (Å²) in [5, 5.41) is 39.0. The zero-order chi connectivity index (χ0) is 14.7. The van der Waals surface area contributed by atoms with Gasteiger partial charge in [0.15, 0.2) is 0 Å². The molecule has 0 aliphatic rings. The standard InChI is InChI=1S/6CHN.Fe.3K.2O.3H/c6*1-2;;;;;;;;;/h6*1H;;;;;;;;;. The molecule has 18 heavy (non-hydrogen) atoms. The van der Waals surface area contributed by atoms with E-state index in [1.165, 1.54) is 0 Å². The Balaban J connectivity index is -0.00000000508. The van der Waals surface area contributed by atoms with Crippen molar-refractivity contribution in [3.05, 3.63) is 0 Å². The van der Waals surface area contributed by atoms with Gasteiger partial charge in [-0.25, -0.2) is 31.6 Å². The normalized spacial score (nSPS) is 1.56. The fourth-order valence-corrected chi connectivity index (χ4v) is 0. The van der Waals surface area contributed by atoms with Gasteiger partial charge in [0.25, 0.3) is 0 Å². The molecule has 0 amide bonds. The Morgan fingerprint density at radius 3 is 0.444 bits per heavy atom.